The summed E-state index contributed by atoms with van der Waals surface area (Å²) in [5.74, 6) is 0.931. The second-order valence-electron chi connectivity index (χ2n) is 4.61. The van der Waals surface area contributed by atoms with Crippen LogP contribution in [0, 0.1) is 5.92 Å². The zero-order valence-electron chi connectivity index (χ0n) is 8.32. The highest BCUT2D eigenvalue weighted by Crippen LogP contribution is 2.36. The molecule has 1 saturated heterocycles. The topological polar surface area (TPSA) is 24.9 Å². The van der Waals surface area contributed by atoms with Crippen LogP contribution >= 0.6 is 0 Å². The Morgan fingerprint density at radius 1 is 1.43 bits per heavy atom. The van der Waals surface area contributed by atoms with Crippen molar-refractivity contribution in [2.75, 3.05) is 0 Å². The average molecular weight is 188 g/mol. The molecule has 3 rings (SSSR count). The maximum atomic E-state index is 4.16. The zero-order chi connectivity index (χ0) is 9.38. The van der Waals surface area contributed by atoms with E-state index in [2.05, 4.69) is 16.4 Å². The highest BCUT2D eigenvalue weighted by Gasteiger charge is 2.38. The number of hydrogen-bond acceptors (Lipinski definition) is 2. The first-order chi connectivity index (χ1) is 6.92. The van der Waals surface area contributed by atoms with Crippen molar-refractivity contribution in [1.29, 1.82) is 0 Å². The number of nitrogens with zero attached hydrogens (tertiary/aromatic N) is 1. The maximum absolute atomic E-state index is 4.16. The van der Waals surface area contributed by atoms with Crippen LogP contribution in [-0.4, -0.2) is 17.1 Å². The summed E-state index contributed by atoms with van der Waals surface area (Å²) in [6.45, 7) is 0. The van der Waals surface area contributed by atoms with Gasteiger partial charge in [0.15, 0.2) is 0 Å². The molecular formula is C12H16N2. The van der Waals surface area contributed by atoms with Crippen LogP contribution in [-0.2, 0) is 6.42 Å². The van der Waals surface area contributed by atoms with Crippen molar-refractivity contribution in [3.8, 4) is 0 Å². The fraction of sp³-hybridized carbons (Fsp3) is 0.583. The van der Waals surface area contributed by atoms with Crippen LogP contribution in [0.5, 0.6) is 0 Å². The summed E-state index contributed by atoms with van der Waals surface area (Å²) >= 11 is 0. The van der Waals surface area contributed by atoms with Gasteiger partial charge in [-0.3, -0.25) is 4.98 Å². The van der Waals surface area contributed by atoms with Crippen LogP contribution in [0.25, 0.3) is 0 Å². The molecule has 1 aliphatic carbocycles. The predicted molar refractivity (Wildman–Crippen MR) is 56.0 cm³/mol. The number of pyridine rings is 1. The Balaban J connectivity index is 1.69. The highest BCUT2D eigenvalue weighted by atomic mass is 15.0. The second kappa shape index (κ2) is 3.35. The molecule has 0 radical (unpaired) electrons. The van der Waals surface area contributed by atoms with E-state index in [4.69, 9.17) is 0 Å². The van der Waals surface area contributed by atoms with Crippen LogP contribution in [0.4, 0.5) is 0 Å². The Labute approximate surface area is 84.7 Å². The lowest BCUT2D eigenvalue weighted by Gasteiger charge is -2.22. The number of aromatic nitrogens is 1. The first-order valence-corrected chi connectivity index (χ1v) is 5.57. The number of nitrogens with one attached hydrogen (secondary N) is 1. The molecule has 1 aliphatic heterocycles. The van der Waals surface area contributed by atoms with Gasteiger partial charge in [0, 0.05) is 24.5 Å². The smallest absolute Gasteiger partial charge is 0.0300 e. The first kappa shape index (κ1) is 8.42. The molecule has 0 aromatic carbocycles. The maximum Gasteiger partial charge on any atom is 0.0300 e. The van der Waals surface area contributed by atoms with Crippen molar-refractivity contribution < 1.29 is 0 Å². The number of piperidine rings is 1. The molecule has 2 heterocycles. The van der Waals surface area contributed by atoms with Gasteiger partial charge in [0.05, 0.1) is 0 Å². The summed E-state index contributed by atoms with van der Waals surface area (Å²) < 4.78 is 0. The molecule has 1 saturated carbocycles. The van der Waals surface area contributed by atoms with E-state index in [1.54, 1.807) is 0 Å². The van der Waals surface area contributed by atoms with Crippen LogP contribution in [0.1, 0.15) is 24.8 Å². The van der Waals surface area contributed by atoms with Gasteiger partial charge in [-0.15, -0.1) is 0 Å². The molecule has 1 aromatic rings. The standard InChI is InChI=1S/C12H16N2/c1-2-9(8-13-5-1)6-12-10-3-4-11(7-10)14-12/h1-2,5,8,10-12,14H,3-4,6-7H2. The van der Waals surface area contributed by atoms with Crippen molar-refractivity contribution in [3.05, 3.63) is 30.1 Å². The van der Waals surface area contributed by atoms with Gasteiger partial charge < -0.3 is 5.32 Å². The van der Waals surface area contributed by atoms with Gasteiger partial charge in [0.25, 0.3) is 0 Å². The second-order valence-corrected chi connectivity index (χ2v) is 4.61. The van der Waals surface area contributed by atoms with Crippen LogP contribution in [0.2, 0.25) is 0 Å². The number of rotatable bonds is 2. The van der Waals surface area contributed by atoms with Crippen LogP contribution < -0.4 is 5.32 Å². The number of hydrogen-bond donors (Lipinski definition) is 1. The third-order valence-electron chi connectivity index (χ3n) is 3.67. The van der Waals surface area contributed by atoms with E-state index in [0.717, 1.165) is 24.4 Å². The normalized spacial score (nSPS) is 35.0. The molecule has 3 unspecified atom stereocenters. The van der Waals surface area contributed by atoms with E-state index >= 15 is 0 Å². The molecule has 2 nitrogen and oxygen atoms in total. The van der Waals surface area contributed by atoms with E-state index < -0.39 is 0 Å². The molecule has 14 heavy (non-hydrogen) atoms. The molecule has 0 amide bonds. The fourth-order valence-corrected chi connectivity index (χ4v) is 2.97. The Kier molecular flexibility index (Phi) is 2.02. The minimum atomic E-state index is 0.720. The van der Waals surface area contributed by atoms with E-state index in [-0.39, 0.29) is 0 Å². The first-order valence-electron chi connectivity index (χ1n) is 5.57. The van der Waals surface area contributed by atoms with E-state index in [0.29, 0.717) is 0 Å². The van der Waals surface area contributed by atoms with Crippen molar-refractivity contribution in [2.45, 2.75) is 37.8 Å². The lowest BCUT2D eigenvalue weighted by Crippen LogP contribution is -2.37. The molecule has 1 aromatic heterocycles. The predicted octanol–water partition coefficient (Wildman–Crippen LogP) is 1.76. The molecular weight excluding hydrogens is 172 g/mol. The van der Waals surface area contributed by atoms with Gasteiger partial charge in [-0.1, -0.05) is 6.07 Å². The molecule has 2 bridgehead atoms. The lowest BCUT2D eigenvalue weighted by atomic mass is 9.94. The molecule has 1 N–H and O–H groups in total. The third kappa shape index (κ3) is 1.44. The Bertz CT molecular complexity index is 309. The summed E-state index contributed by atoms with van der Waals surface area (Å²) in [6.07, 6.45) is 9.24. The summed E-state index contributed by atoms with van der Waals surface area (Å²) in [5.41, 5.74) is 1.37. The fourth-order valence-electron chi connectivity index (χ4n) is 2.97. The van der Waals surface area contributed by atoms with Crippen molar-refractivity contribution in [3.63, 3.8) is 0 Å². The minimum absolute atomic E-state index is 0.720. The Morgan fingerprint density at radius 3 is 3.07 bits per heavy atom. The summed E-state index contributed by atoms with van der Waals surface area (Å²) in [6, 6.07) is 5.75. The lowest BCUT2D eigenvalue weighted by molar-refractivity contribution is 0.379. The minimum Gasteiger partial charge on any atom is -0.311 e. The molecule has 2 aliphatic rings. The SMILES string of the molecule is c1cncc(CC2NC3CCC2C3)c1. The van der Waals surface area contributed by atoms with E-state index in [9.17, 15) is 0 Å². The van der Waals surface area contributed by atoms with E-state index in [1.807, 2.05) is 18.5 Å². The molecule has 2 fully saturated rings. The van der Waals surface area contributed by atoms with Gasteiger partial charge in [-0.05, 0) is 43.2 Å². The Morgan fingerprint density at radius 2 is 2.43 bits per heavy atom. The average Bonchev–Trinajstić information content (AvgIpc) is 2.81. The molecule has 0 spiro atoms. The van der Waals surface area contributed by atoms with E-state index in [1.165, 1.54) is 24.8 Å². The van der Waals surface area contributed by atoms with Gasteiger partial charge in [-0.25, -0.2) is 0 Å². The monoisotopic (exact) mass is 188 g/mol. The van der Waals surface area contributed by atoms with Gasteiger partial charge in [0.1, 0.15) is 0 Å². The van der Waals surface area contributed by atoms with Gasteiger partial charge in [-0.2, -0.15) is 0 Å². The third-order valence-corrected chi connectivity index (χ3v) is 3.67. The summed E-state index contributed by atoms with van der Waals surface area (Å²) in [5, 5.41) is 3.71. The molecule has 2 heteroatoms. The van der Waals surface area contributed by atoms with Gasteiger partial charge in [0.2, 0.25) is 0 Å². The largest absolute Gasteiger partial charge is 0.311 e. The molecule has 3 atom stereocenters. The quantitative estimate of drug-likeness (QED) is 0.765. The Hall–Kier alpha value is -0.890. The van der Waals surface area contributed by atoms with Crippen molar-refractivity contribution in [2.24, 2.45) is 5.92 Å². The summed E-state index contributed by atoms with van der Waals surface area (Å²) in [4.78, 5) is 4.16. The summed E-state index contributed by atoms with van der Waals surface area (Å²) in [7, 11) is 0. The molecule has 74 valence electrons. The zero-order valence-corrected chi connectivity index (χ0v) is 8.32. The van der Waals surface area contributed by atoms with Crippen LogP contribution in [0.15, 0.2) is 24.5 Å². The highest BCUT2D eigenvalue weighted by molar-refractivity contribution is 5.12. The number of fused-ring (bicyclic) bond motifs is 2. The van der Waals surface area contributed by atoms with Crippen molar-refractivity contribution >= 4 is 0 Å². The van der Waals surface area contributed by atoms with Gasteiger partial charge >= 0.3 is 0 Å². The van der Waals surface area contributed by atoms with Crippen molar-refractivity contribution in [1.82, 2.24) is 10.3 Å². The van der Waals surface area contributed by atoms with Crippen LogP contribution in [0.3, 0.4) is 0 Å².